The highest BCUT2D eigenvalue weighted by Gasteiger charge is 2.18. The molecule has 1 aromatic heterocycles. The molecule has 0 spiro atoms. The number of nitrogens with one attached hydrogen (secondary N) is 1. The number of nitrogens with zero attached hydrogens (tertiary/aromatic N) is 3. The maximum Gasteiger partial charge on any atom is 0.154 e. The molecule has 0 aliphatic carbocycles. The normalized spacial score (nSPS) is 12.8. The predicted molar refractivity (Wildman–Crippen MR) is 114 cm³/mol. The van der Waals surface area contributed by atoms with Crippen molar-refractivity contribution in [3.05, 3.63) is 83.7 Å². The van der Waals surface area contributed by atoms with Crippen molar-refractivity contribution in [2.45, 2.75) is 13.8 Å². The molecule has 4 rings (SSSR count). The summed E-state index contributed by atoms with van der Waals surface area (Å²) in [7, 11) is 0. The molecule has 0 atom stereocenters. The fourth-order valence-electron chi connectivity index (χ4n) is 3.10. The minimum atomic E-state index is 0.594. The van der Waals surface area contributed by atoms with Gasteiger partial charge in [0.2, 0.25) is 0 Å². The van der Waals surface area contributed by atoms with Crippen molar-refractivity contribution in [1.82, 2.24) is 10.4 Å². The third kappa shape index (κ3) is 4.11. The second-order valence-electron chi connectivity index (χ2n) is 6.34. The van der Waals surface area contributed by atoms with Crippen LogP contribution in [0.25, 0.3) is 0 Å². The highest BCUT2D eigenvalue weighted by atomic mass is 16.5. The van der Waals surface area contributed by atoms with Crippen LogP contribution in [0.4, 0.5) is 5.69 Å². The first-order chi connectivity index (χ1) is 14.3. The number of amidine groups is 1. The van der Waals surface area contributed by atoms with E-state index >= 15 is 0 Å². The predicted octanol–water partition coefficient (Wildman–Crippen LogP) is 4.31. The van der Waals surface area contributed by atoms with Crippen LogP contribution in [0.1, 0.15) is 30.5 Å². The average Bonchev–Trinajstić information content (AvgIpc) is 2.95. The molecule has 6 nitrogen and oxygen atoms in total. The highest BCUT2D eigenvalue weighted by Crippen LogP contribution is 2.29. The van der Waals surface area contributed by atoms with Crippen LogP contribution >= 0.6 is 0 Å². The highest BCUT2D eigenvalue weighted by molar-refractivity contribution is 6.18. The number of hydrogen-bond donors (Lipinski definition) is 1. The van der Waals surface area contributed by atoms with E-state index in [0.717, 1.165) is 39.6 Å². The Kier molecular flexibility index (Phi) is 5.52. The monoisotopic (exact) mass is 386 g/mol. The third-order valence-corrected chi connectivity index (χ3v) is 4.41. The molecule has 2 aromatic carbocycles. The van der Waals surface area contributed by atoms with E-state index in [0.29, 0.717) is 19.0 Å². The van der Waals surface area contributed by atoms with Gasteiger partial charge in [-0.05, 0) is 68.4 Å². The number of fused-ring (bicyclic) bond motifs is 1. The Morgan fingerprint density at radius 1 is 0.862 bits per heavy atom. The Hall–Kier alpha value is -3.67. The van der Waals surface area contributed by atoms with Gasteiger partial charge in [0.15, 0.2) is 5.84 Å². The second kappa shape index (κ2) is 8.56. The maximum absolute atomic E-state index is 5.69. The van der Waals surface area contributed by atoms with Gasteiger partial charge in [-0.3, -0.25) is 10.4 Å². The molecule has 0 amide bonds. The summed E-state index contributed by atoms with van der Waals surface area (Å²) >= 11 is 0. The molecule has 0 saturated carbocycles. The maximum atomic E-state index is 5.69. The first kappa shape index (κ1) is 18.7. The van der Waals surface area contributed by atoms with Crippen molar-refractivity contribution < 1.29 is 9.47 Å². The molecule has 1 N–H and O–H groups in total. The Morgan fingerprint density at radius 3 is 2.34 bits per heavy atom. The number of hydrazone groups is 1. The number of ether oxygens (including phenoxy) is 2. The van der Waals surface area contributed by atoms with Crippen molar-refractivity contribution >= 4 is 17.2 Å². The molecule has 6 heteroatoms. The van der Waals surface area contributed by atoms with Gasteiger partial charge in [-0.2, -0.15) is 5.10 Å². The summed E-state index contributed by atoms with van der Waals surface area (Å²) in [6.07, 6.45) is 3.53. The fourth-order valence-corrected chi connectivity index (χ4v) is 3.10. The molecular weight excluding hydrogens is 364 g/mol. The molecule has 2 heterocycles. The van der Waals surface area contributed by atoms with Crippen LogP contribution in [-0.4, -0.2) is 29.7 Å². The molecule has 0 bridgehead atoms. The number of aromatic nitrogens is 1. The molecule has 1 aliphatic rings. The van der Waals surface area contributed by atoms with Crippen LogP contribution in [-0.2, 0) is 0 Å². The topological polar surface area (TPSA) is 68.1 Å². The second-order valence-corrected chi connectivity index (χ2v) is 6.34. The first-order valence-electron chi connectivity index (χ1n) is 9.61. The van der Waals surface area contributed by atoms with Gasteiger partial charge in [-0.25, -0.2) is 4.99 Å². The smallest absolute Gasteiger partial charge is 0.154 e. The molecule has 1 aliphatic heterocycles. The van der Waals surface area contributed by atoms with Gasteiger partial charge in [0.05, 0.1) is 18.9 Å². The Morgan fingerprint density at radius 2 is 1.62 bits per heavy atom. The van der Waals surface area contributed by atoms with Gasteiger partial charge in [0.25, 0.3) is 0 Å². The lowest BCUT2D eigenvalue weighted by Crippen LogP contribution is -2.19. The van der Waals surface area contributed by atoms with Gasteiger partial charge < -0.3 is 9.47 Å². The molecule has 29 heavy (non-hydrogen) atoms. The zero-order valence-electron chi connectivity index (χ0n) is 16.4. The van der Waals surface area contributed by atoms with E-state index in [1.54, 1.807) is 12.4 Å². The third-order valence-electron chi connectivity index (χ3n) is 4.41. The van der Waals surface area contributed by atoms with E-state index in [2.05, 4.69) is 15.5 Å². The zero-order valence-corrected chi connectivity index (χ0v) is 16.4. The van der Waals surface area contributed by atoms with Crippen LogP contribution in [0.5, 0.6) is 11.5 Å². The number of benzene rings is 2. The molecule has 0 saturated heterocycles. The SMILES string of the molecule is CCOc1ccc(C2=Nc3ccc(OCC)cc3C(c3cccnc3)=NN2)cc1. The van der Waals surface area contributed by atoms with E-state index in [1.807, 2.05) is 68.4 Å². The van der Waals surface area contributed by atoms with Gasteiger partial charge in [-0.1, -0.05) is 0 Å². The number of aliphatic imine (C=N–C) groups is 1. The van der Waals surface area contributed by atoms with Crippen molar-refractivity contribution in [1.29, 1.82) is 0 Å². The van der Waals surface area contributed by atoms with Crippen LogP contribution in [0.3, 0.4) is 0 Å². The minimum absolute atomic E-state index is 0.594. The number of rotatable bonds is 6. The molecule has 0 fully saturated rings. The van der Waals surface area contributed by atoms with E-state index in [4.69, 9.17) is 14.5 Å². The van der Waals surface area contributed by atoms with Crippen molar-refractivity contribution in [2.24, 2.45) is 10.1 Å². The van der Waals surface area contributed by atoms with Crippen LogP contribution in [0.15, 0.2) is 77.1 Å². The van der Waals surface area contributed by atoms with Crippen molar-refractivity contribution in [3.8, 4) is 11.5 Å². The lowest BCUT2D eigenvalue weighted by atomic mass is 10.0. The van der Waals surface area contributed by atoms with E-state index in [-0.39, 0.29) is 0 Å². The summed E-state index contributed by atoms with van der Waals surface area (Å²) in [6.45, 7) is 5.16. The van der Waals surface area contributed by atoms with Crippen molar-refractivity contribution in [2.75, 3.05) is 13.2 Å². The van der Waals surface area contributed by atoms with E-state index in [9.17, 15) is 0 Å². The summed E-state index contributed by atoms with van der Waals surface area (Å²) in [5.74, 6) is 2.27. The summed E-state index contributed by atoms with van der Waals surface area (Å²) in [5, 5.41) is 4.66. The Labute approximate surface area is 169 Å². The fraction of sp³-hybridized carbons (Fsp3) is 0.174. The minimum Gasteiger partial charge on any atom is -0.494 e. The summed E-state index contributed by atoms with van der Waals surface area (Å²) in [5.41, 5.74) is 7.41. The van der Waals surface area contributed by atoms with Gasteiger partial charge in [0, 0.05) is 29.1 Å². The lowest BCUT2D eigenvalue weighted by Gasteiger charge is -2.10. The molecular formula is C23H22N4O2. The summed E-state index contributed by atoms with van der Waals surface area (Å²) < 4.78 is 11.2. The quantitative estimate of drug-likeness (QED) is 0.685. The number of hydrogen-bond acceptors (Lipinski definition) is 6. The van der Waals surface area contributed by atoms with E-state index < -0.39 is 0 Å². The van der Waals surface area contributed by atoms with Crippen molar-refractivity contribution in [3.63, 3.8) is 0 Å². The molecule has 146 valence electrons. The Balaban J connectivity index is 1.78. The van der Waals surface area contributed by atoms with Crippen LogP contribution in [0, 0.1) is 0 Å². The summed E-state index contributed by atoms with van der Waals surface area (Å²) in [4.78, 5) is 9.07. The van der Waals surface area contributed by atoms with Crippen LogP contribution in [0.2, 0.25) is 0 Å². The lowest BCUT2D eigenvalue weighted by molar-refractivity contribution is 0.340. The van der Waals surface area contributed by atoms with E-state index in [1.165, 1.54) is 0 Å². The zero-order chi connectivity index (χ0) is 20.1. The first-order valence-corrected chi connectivity index (χ1v) is 9.61. The molecule has 3 aromatic rings. The largest absolute Gasteiger partial charge is 0.494 e. The average molecular weight is 386 g/mol. The van der Waals surface area contributed by atoms with Gasteiger partial charge in [-0.15, -0.1) is 0 Å². The Bertz CT molecular complexity index is 1040. The van der Waals surface area contributed by atoms with Crippen LogP contribution < -0.4 is 14.9 Å². The van der Waals surface area contributed by atoms with Gasteiger partial charge in [0.1, 0.15) is 17.2 Å². The van der Waals surface area contributed by atoms with Gasteiger partial charge >= 0.3 is 0 Å². The number of pyridine rings is 1. The summed E-state index contributed by atoms with van der Waals surface area (Å²) in [6, 6.07) is 17.5. The standard InChI is InChI=1S/C23H22N4O2/c1-3-28-18-9-7-16(8-10-18)23-25-21-12-11-19(29-4-2)14-20(21)22(26-27-23)17-6-5-13-24-15-17/h5-15H,3-4H2,1-2H3,(H,25,27). The molecule has 0 unspecified atom stereocenters. The molecule has 0 radical (unpaired) electrons.